The number of ether oxygens (including phenoxy) is 2. The van der Waals surface area contributed by atoms with E-state index in [0.717, 1.165) is 6.07 Å². The molecule has 0 aliphatic heterocycles. The van der Waals surface area contributed by atoms with E-state index in [9.17, 15) is 30.3 Å². The number of benzene rings is 3. The lowest BCUT2D eigenvalue weighted by Crippen LogP contribution is -2.14. The highest BCUT2D eigenvalue weighted by molar-refractivity contribution is 9.10. The topological polar surface area (TPSA) is 158 Å². The van der Waals surface area contributed by atoms with Gasteiger partial charge in [-0.3, -0.25) is 25.0 Å². The zero-order valence-corrected chi connectivity index (χ0v) is 21.3. The number of carbonyl (C=O) groups excluding carboxylic acids is 1. The summed E-state index contributed by atoms with van der Waals surface area (Å²) in [4.78, 5) is 33.3. The highest BCUT2D eigenvalue weighted by atomic mass is 79.9. The lowest BCUT2D eigenvalue weighted by Gasteiger charge is -2.14. The normalized spacial score (nSPS) is 10.8. The molecular formula is C24H16BrClN4O7. The molecule has 0 saturated heterocycles. The van der Waals surface area contributed by atoms with Gasteiger partial charge >= 0.3 is 0 Å². The summed E-state index contributed by atoms with van der Waals surface area (Å²) in [5.74, 6) is -0.190. The minimum absolute atomic E-state index is 0.0178. The van der Waals surface area contributed by atoms with E-state index in [4.69, 9.17) is 21.1 Å². The molecule has 3 aromatic carbocycles. The zero-order valence-electron chi connectivity index (χ0n) is 18.9. The first-order chi connectivity index (χ1) is 17.6. The second-order valence-electron chi connectivity index (χ2n) is 7.29. The maximum absolute atomic E-state index is 12.7. The Kier molecular flexibility index (Phi) is 8.78. The third kappa shape index (κ3) is 6.81. The molecule has 3 rings (SSSR count). The van der Waals surface area contributed by atoms with Crippen molar-refractivity contribution in [1.82, 2.24) is 0 Å². The Morgan fingerprint density at radius 2 is 1.76 bits per heavy atom. The number of nitrogens with zero attached hydrogens (tertiary/aromatic N) is 3. The van der Waals surface area contributed by atoms with Crippen LogP contribution >= 0.6 is 27.5 Å². The molecule has 0 aliphatic carbocycles. The molecule has 0 unspecified atom stereocenters. The van der Waals surface area contributed by atoms with E-state index in [1.165, 1.54) is 37.5 Å². The minimum atomic E-state index is -0.821. The Morgan fingerprint density at radius 1 is 1.11 bits per heavy atom. The third-order valence-corrected chi connectivity index (χ3v) is 5.79. The fraction of sp³-hybridized carbons (Fsp3) is 0.0833. The summed E-state index contributed by atoms with van der Waals surface area (Å²) in [5, 5.41) is 33.8. The SMILES string of the molecule is COc1cc(/C=C(\C#N)C(=O)Nc2cc([N+](=O)[O-])ccc2Cl)cc(Br)c1OCc1ccc([N+](=O)[O-])cc1. The van der Waals surface area contributed by atoms with E-state index in [-0.39, 0.29) is 34.3 Å². The van der Waals surface area contributed by atoms with Gasteiger partial charge in [-0.05, 0) is 63.5 Å². The largest absolute Gasteiger partial charge is 0.493 e. The Labute approximate surface area is 223 Å². The van der Waals surface area contributed by atoms with E-state index in [1.807, 2.05) is 0 Å². The van der Waals surface area contributed by atoms with Crippen molar-refractivity contribution >= 4 is 56.6 Å². The molecule has 13 heteroatoms. The predicted molar refractivity (Wildman–Crippen MR) is 138 cm³/mol. The van der Waals surface area contributed by atoms with Crippen LogP contribution in [0.3, 0.4) is 0 Å². The number of anilines is 1. The van der Waals surface area contributed by atoms with Gasteiger partial charge < -0.3 is 14.8 Å². The number of hydrogen-bond acceptors (Lipinski definition) is 8. The van der Waals surface area contributed by atoms with Crippen LogP contribution in [0.5, 0.6) is 11.5 Å². The second-order valence-corrected chi connectivity index (χ2v) is 8.55. The number of methoxy groups -OCH3 is 1. The smallest absolute Gasteiger partial charge is 0.271 e. The molecule has 188 valence electrons. The quantitative estimate of drug-likeness (QED) is 0.137. The van der Waals surface area contributed by atoms with Gasteiger partial charge in [-0.1, -0.05) is 11.6 Å². The third-order valence-electron chi connectivity index (χ3n) is 4.87. The zero-order chi connectivity index (χ0) is 27.1. The molecule has 0 spiro atoms. The van der Waals surface area contributed by atoms with E-state index in [0.29, 0.717) is 27.1 Å². The van der Waals surface area contributed by atoms with Crippen LogP contribution in [0.25, 0.3) is 6.08 Å². The van der Waals surface area contributed by atoms with Gasteiger partial charge in [-0.15, -0.1) is 0 Å². The predicted octanol–water partition coefficient (Wildman–Crippen LogP) is 6.05. The van der Waals surface area contributed by atoms with Gasteiger partial charge in [0.05, 0.1) is 32.1 Å². The molecule has 1 N–H and O–H groups in total. The maximum Gasteiger partial charge on any atom is 0.271 e. The van der Waals surface area contributed by atoms with Crippen LogP contribution < -0.4 is 14.8 Å². The van der Waals surface area contributed by atoms with Crippen molar-refractivity contribution < 1.29 is 24.1 Å². The first-order valence-electron chi connectivity index (χ1n) is 10.2. The number of rotatable bonds is 9. The van der Waals surface area contributed by atoms with Crippen LogP contribution in [0.15, 0.2) is 64.6 Å². The standard InChI is InChI=1S/C24H16BrClN4O7/c1-36-22-10-15(9-19(25)23(22)37-13-14-2-4-17(5-3-14)29(32)33)8-16(12-27)24(31)28-21-11-18(30(34)35)6-7-20(21)26/h2-11H,13H2,1H3,(H,28,31)/b16-8+. The summed E-state index contributed by atoms with van der Waals surface area (Å²) in [6.07, 6.45) is 1.30. The van der Waals surface area contributed by atoms with Crippen molar-refractivity contribution in [1.29, 1.82) is 5.26 Å². The van der Waals surface area contributed by atoms with Crippen molar-refractivity contribution in [2.24, 2.45) is 0 Å². The first-order valence-corrected chi connectivity index (χ1v) is 11.4. The Bertz CT molecular complexity index is 1450. The summed E-state index contributed by atoms with van der Waals surface area (Å²) in [5.41, 5.74) is 0.478. The summed E-state index contributed by atoms with van der Waals surface area (Å²) in [6.45, 7) is 0.0952. The van der Waals surface area contributed by atoms with Gasteiger partial charge in [-0.25, -0.2) is 0 Å². The van der Waals surface area contributed by atoms with Crippen molar-refractivity contribution in [2.45, 2.75) is 6.61 Å². The molecule has 0 aromatic heterocycles. The molecule has 0 saturated carbocycles. The van der Waals surface area contributed by atoms with Gasteiger partial charge in [0, 0.05) is 24.3 Å². The molecule has 3 aromatic rings. The molecule has 1 amide bonds. The molecular weight excluding hydrogens is 572 g/mol. The summed E-state index contributed by atoms with van der Waals surface area (Å²) in [7, 11) is 1.41. The Morgan fingerprint density at radius 3 is 2.35 bits per heavy atom. The average molecular weight is 588 g/mol. The van der Waals surface area contributed by atoms with E-state index >= 15 is 0 Å². The molecule has 11 nitrogen and oxygen atoms in total. The van der Waals surface area contributed by atoms with Crippen molar-refractivity contribution in [3.05, 3.63) is 101 Å². The van der Waals surface area contributed by atoms with Crippen molar-refractivity contribution in [2.75, 3.05) is 12.4 Å². The van der Waals surface area contributed by atoms with Crippen LogP contribution in [0, 0.1) is 31.6 Å². The molecule has 0 radical (unpaired) electrons. The van der Waals surface area contributed by atoms with Crippen LogP contribution in [0.1, 0.15) is 11.1 Å². The van der Waals surface area contributed by atoms with Gasteiger partial charge in [0.2, 0.25) is 0 Å². The number of amides is 1. The Balaban J connectivity index is 1.82. The number of hydrogen-bond donors (Lipinski definition) is 1. The summed E-state index contributed by atoms with van der Waals surface area (Å²) >= 11 is 9.41. The summed E-state index contributed by atoms with van der Waals surface area (Å²) < 4.78 is 11.7. The van der Waals surface area contributed by atoms with Crippen LogP contribution in [-0.4, -0.2) is 22.9 Å². The lowest BCUT2D eigenvalue weighted by molar-refractivity contribution is -0.385. The number of halogens is 2. The van der Waals surface area contributed by atoms with E-state index in [1.54, 1.807) is 30.3 Å². The lowest BCUT2D eigenvalue weighted by atomic mass is 10.1. The summed E-state index contributed by atoms with van der Waals surface area (Å²) in [6, 6.07) is 14.4. The first kappa shape index (κ1) is 27.1. The number of nitriles is 1. The monoisotopic (exact) mass is 586 g/mol. The molecule has 0 heterocycles. The molecule has 0 atom stereocenters. The fourth-order valence-electron chi connectivity index (χ4n) is 3.06. The Hall–Kier alpha value is -4.47. The minimum Gasteiger partial charge on any atom is -0.493 e. The van der Waals surface area contributed by atoms with Crippen LogP contribution in [-0.2, 0) is 11.4 Å². The maximum atomic E-state index is 12.7. The molecule has 0 aliphatic rings. The molecule has 0 fully saturated rings. The van der Waals surface area contributed by atoms with Gasteiger partial charge in [0.15, 0.2) is 11.5 Å². The van der Waals surface area contributed by atoms with Gasteiger partial charge in [-0.2, -0.15) is 5.26 Å². The number of nitro benzene ring substituents is 2. The van der Waals surface area contributed by atoms with E-state index < -0.39 is 15.8 Å². The average Bonchev–Trinajstić information content (AvgIpc) is 2.87. The van der Waals surface area contributed by atoms with Gasteiger partial charge in [0.25, 0.3) is 17.3 Å². The highest BCUT2D eigenvalue weighted by Gasteiger charge is 2.17. The fourth-order valence-corrected chi connectivity index (χ4v) is 3.80. The van der Waals surface area contributed by atoms with Crippen LogP contribution in [0.4, 0.5) is 17.1 Å². The number of carbonyl (C=O) groups is 1. The highest BCUT2D eigenvalue weighted by Crippen LogP contribution is 2.38. The van der Waals surface area contributed by atoms with E-state index in [2.05, 4.69) is 21.2 Å². The number of non-ortho nitro benzene ring substituents is 2. The second kappa shape index (κ2) is 12.0. The van der Waals surface area contributed by atoms with Crippen molar-refractivity contribution in [3.63, 3.8) is 0 Å². The number of nitrogens with one attached hydrogen (secondary N) is 1. The molecule has 37 heavy (non-hydrogen) atoms. The molecule has 0 bridgehead atoms. The van der Waals surface area contributed by atoms with Crippen LogP contribution in [0.2, 0.25) is 5.02 Å². The van der Waals surface area contributed by atoms with Gasteiger partial charge in [0.1, 0.15) is 18.2 Å². The van der Waals surface area contributed by atoms with Crippen molar-refractivity contribution in [3.8, 4) is 17.6 Å². The number of nitro groups is 2.